The summed E-state index contributed by atoms with van der Waals surface area (Å²) >= 11 is 0. The zero-order chi connectivity index (χ0) is 12.7. The number of benzene rings is 1. The smallest absolute Gasteiger partial charge is 0.162 e. The SMILES string of the molecule is CC(C)COc1ccc(C#N)cc1OCCO. The molecule has 1 aromatic carbocycles. The van der Waals surface area contributed by atoms with Crippen LogP contribution in [0, 0.1) is 17.2 Å². The van der Waals surface area contributed by atoms with Gasteiger partial charge >= 0.3 is 0 Å². The van der Waals surface area contributed by atoms with Gasteiger partial charge in [0.15, 0.2) is 11.5 Å². The minimum Gasteiger partial charge on any atom is -0.489 e. The number of hydrogen-bond donors (Lipinski definition) is 1. The Balaban J connectivity index is 2.82. The first-order valence-corrected chi connectivity index (χ1v) is 5.58. The van der Waals surface area contributed by atoms with Crippen molar-refractivity contribution in [3.63, 3.8) is 0 Å². The van der Waals surface area contributed by atoms with Crippen LogP contribution in [0.3, 0.4) is 0 Å². The molecule has 1 rings (SSSR count). The molecule has 0 aliphatic rings. The van der Waals surface area contributed by atoms with E-state index in [4.69, 9.17) is 19.8 Å². The molecule has 0 fully saturated rings. The van der Waals surface area contributed by atoms with Gasteiger partial charge in [-0.3, -0.25) is 0 Å². The van der Waals surface area contributed by atoms with Crippen molar-refractivity contribution in [1.29, 1.82) is 5.26 Å². The highest BCUT2D eigenvalue weighted by molar-refractivity contribution is 5.46. The van der Waals surface area contributed by atoms with Crippen LogP contribution < -0.4 is 9.47 Å². The third-order valence-electron chi connectivity index (χ3n) is 1.99. The Morgan fingerprint density at radius 1 is 1.29 bits per heavy atom. The molecule has 0 saturated carbocycles. The van der Waals surface area contributed by atoms with Gasteiger partial charge in [0.25, 0.3) is 0 Å². The van der Waals surface area contributed by atoms with Crippen molar-refractivity contribution < 1.29 is 14.6 Å². The standard InChI is InChI=1S/C13H17NO3/c1-10(2)9-17-12-4-3-11(8-14)7-13(12)16-6-5-15/h3-4,7,10,15H,5-6,9H2,1-2H3. The molecule has 1 aromatic rings. The molecule has 92 valence electrons. The Morgan fingerprint density at radius 2 is 2.06 bits per heavy atom. The summed E-state index contributed by atoms with van der Waals surface area (Å²) in [4.78, 5) is 0. The molecule has 1 N–H and O–H groups in total. The van der Waals surface area contributed by atoms with Crippen LogP contribution in [0.4, 0.5) is 0 Å². The lowest BCUT2D eigenvalue weighted by molar-refractivity contribution is 0.190. The van der Waals surface area contributed by atoms with E-state index in [-0.39, 0.29) is 13.2 Å². The molecule has 0 atom stereocenters. The zero-order valence-electron chi connectivity index (χ0n) is 10.1. The highest BCUT2D eigenvalue weighted by Gasteiger charge is 2.07. The molecule has 4 nitrogen and oxygen atoms in total. The Morgan fingerprint density at radius 3 is 2.65 bits per heavy atom. The van der Waals surface area contributed by atoms with Gasteiger partial charge in [-0.1, -0.05) is 13.8 Å². The lowest BCUT2D eigenvalue weighted by atomic mass is 10.2. The predicted octanol–water partition coefficient (Wildman–Crippen LogP) is 1.96. The second-order valence-electron chi connectivity index (χ2n) is 4.05. The second-order valence-corrected chi connectivity index (χ2v) is 4.05. The van der Waals surface area contributed by atoms with E-state index < -0.39 is 0 Å². The molecule has 0 aliphatic carbocycles. The van der Waals surface area contributed by atoms with Crippen molar-refractivity contribution >= 4 is 0 Å². The third kappa shape index (κ3) is 4.33. The Kier molecular flexibility index (Phi) is 5.31. The number of nitriles is 1. The zero-order valence-corrected chi connectivity index (χ0v) is 10.1. The number of rotatable bonds is 6. The summed E-state index contributed by atoms with van der Waals surface area (Å²) in [5.74, 6) is 1.52. The molecule has 0 bridgehead atoms. The van der Waals surface area contributed by atoms with E-state index in [0.717, 1.165) is 0 Å². The average molecular weight is 235 g/mol. The largest absolute Gasteiger partial charge is 0.489 e. The third-order valence-corrected chi connectivity index (χ3v) is 1.99. The van der Waals surface area contributed by atoms with Gasteiger partial charge < -0.3 is 14.6 Å². The summed E-state index contributed by atoms with van der Waals surface area (Å²) in [5.41, 5.74) is 0.509. The fourth-order valence-electron chi connectivity index (χ4n) is 1.22. The Bertz CT molecular complexity index is 396. The minimum absolute atomic E-state index is 0.0690. The first-order valence-electron chi connectivity index (χ1n) is 5.58. The van der Waals surface area contributed by atoms with E-state index in [1.54, 1.807) is 18.2 Å². The average Bonchev–Trinajstić information content (AvgIpc) is 2.34. The lowest BCUT2D eigenvalue weighted by Gasteiger charge is -2.13. The van der Waals surface area contributed by atoms with Crippen LogP contribution in [0.1, 0.15) is 19.4 Å². The van der Waals surface area contributed by atoms with Gasteiger partial charge in [0.1, 0.15) is 6.61 Å². The predicted molar refractivity (Wildman–Crippen MR) is 64.1 cm³/mol. The number of aliphatic hydroxyl groups excluding tert-OH is 1. The van der Waals surface area contributed by atoms with Crippen LogP contribution in [0.2, 0.25) is 0 Å². The van der Waals surface area contributed by atoms with E-state index in [1.807, 2.05) is 6.07 Å². The number of aliphatic hydroxyl groups is 1. The first kappa shape index (κ1) is 13.3. The topological polar surface area (TPSA) is 62.5 Å². The van der Waals surface area contributed by atoms with Crippen molar-refractivity contribution in [2.45, 2.75) is 13.8 Å². The molecule has 0 saturated heterocycles. The maximum Gasteiger partial charge on any atom is 0.162 e. The van der Waals surface area contributed by atoms with E-state index in [2.05, 4.69) is 13.8 Å². The monoisotopic (exact) mass is 235 g/mol. The van der Waals surface area contributed by atoms with Crippen molar-refractivity contribution in [3.05, 3.63) is 23.8 Å². The quantitative estimate of drug-likeness (QED) is 0.818. The van der Waals surface area contributed by atoms with Crippen LogP contribution >= 0.6 is 0 Å². The molecule has 17 heavy (non-hydrogen) atoms. The maximum absolute atomic E-state index is 8.80. The van der Waals surface area contributed by atoms with Gasteiger partial charge in [0.2, 0.25) is 0 Å². The van der Waals surface area contributed by atoms with Gasteiger partial charge in [-0.15, -0.1) is 0 Å². The summed E-state index contributed by atoms with van der Waals surface area (Å²) in [7, 11) is 0. The van der Waals surface area contributed by atoms with Crippen molar-refractivity contribution in [2.75, 3.05) is 19.8 Å². The fourth-order valence-corrected chi connectivity index (χ4v) is 1.22. The van der Waals surface area contributed by atoms with Gasteiger partial charge in [-0.25, -0.2) is 0 Å². The summed E-state index contributed by atoms with van der Waals surface area (Å²) in [6, 6.07) is 7.05. The van der Waals surface area contributed by atoms with Crippen LogP contribution in [0.15, 0.2) is 18.2 Å². The van der Waals surface area contributed by atoms with Crippen LogP contribution in [-0.4, -0.2) is 24.9 Å². The van der Waals surface area contributed by atoms with Gasteiger partial charge in [-0.2, -0.15) is 5.26 Å². The minimum atomic E-state index is -0.0690. The molecular weight excluding hydrogens is 218 g/mol. The van der Waals surface area contributed by atoms with Gasteiger partial charge in [0, 0.05) is 6.07 Å². The van der Waals surface area contributed by atoms with Gasteiger partial charge in [-0.05, 0) is 18.1 Å². The van der Waals surface area contributed by atoms with Crippen LogP contribution in [0.25, 0.3) is 0 Å². The number of ether oxygens (including phenoxy) is 2. The molecule has 0 heterocycles. The molecule has 0 amide bonds. The second kappa shape index (κ2) is 6.77. The highest BCUT2D eigenvalue weighted by atomic mass is 16.5. The van der Waals surface area contributed by atoms with Crippen molar-refractivity contribution in [2.24, 2.45) is 5.92 Å². The van der Waals surface area contributed by atoms with Gasteiger partial charge in [0.05, 0.1) is 24.8 Å². The van der Waals surface area contributed by atoms with E-state index in [9.17, 15) is 0 Å². The summed E-state index contributed by atoms with van der Waals surface area (Å²) in [5, 5.41) is 17.5. The molecule has 4 heteroatoms. The van der Waals surface area contributed by atoms with Crippen molar-refractivity contribution in [1.82, 2.24) is 0 Å². The Hall–Kier alpha value is -1.73. The lowest BCUT2D eigenvalue weighted by Crippen LogP contribution is -2.08. The van der Waals surface area contributed by atoms with E-state index in [1.165, 1.54) is 0 Å². The maximum atomic E-state index is 8.80. The van der Waals surface area contributed by atoms with E-state index in [0.29, 0.717) is 29.6 Å². The van der Waals surface area contributed by atoms with Crippen LogP contribution in [-0.2, 0) is 0 Å². The summed E-state index contributed by atoms with van der Waals surface area (Å²) in [6.07, 6.45) is 0. The first-order chi connectivity index (χ1) is 8.17. The fraction of sp³-hybridized carbons (Fsp3) is 0.462. The van der Waals surface area contributed by atoms with Crippen LogP contribution in [0.5, 0.6) is 11.5 Å². The molecule has 0 radical (unpaired) electrons. The molecule has 0 unspecified atom stereocenters. The molecule has 0 aromatic heterocycles. The van der Waals surface area contributed by atoms with E-state index >= 15 is 0 Å². The molecule has 0 spiro atoms. The molecule has 0 aliphatic heterocycles. The Labute approximate surface area is 101 Å². The number of nitrogens with zero attached hydrogens (tertiary/aromatic N) is 1. The highest BCUT2D eigenvalue weighted by Crippen LogP contribution is 2.28. The molecular formula is C13H17NO3. The summed E-state index contributed by atoms with van der Waals surface area (Å²) < 4.78 is 10.9. The normalized spacial score (nSPS) is 10.1. The number of hydrogen-bond acceptors (Lipinski definition) is 4. The van der Waals surface area contributed by atoms with Crippen molar-refractivity contribution in [3.8, 4) is 17.6 Å². The summed E-state index contributed by atoms with van der Waals surface area (Å²) in [6.45, 7) is 4.81.